The third kappa shape index (κ3) is 4.63. The quantitative estimate of drug-likeness (QED) is 0.314. The molecule has 11 nitrogen and oxygen atoms in total. The van der Waals surface area contributed by atoms with E-state index >= 15 is 0 Å². The Morgan fingerprint density at radius 2 is 1.93 bits per heavy atom. The molecule has 0 saturated heterocycles. The Bertz CT molecular complexity index is 1760. The summed E-state index contributed by atoms with van der Waals surface area (Å²) in [6.07, 6.45) is 4.81. The van der Waals surface area contributed by atoms with Crippen LogP contribution in [0.2, 0.25) is 0 Å². The molecule has 40 heavy (non-hydrogen) atoms. The molecule has 5 heterocycles. The van der Waals surface area contributed by atoms with Gasteiger partial charge in [-0.05, 0) is 36.4 Å². The highest BCUT2D eigenvalue weighted by Crippen LogP contribution is 2.34. The number of hydrogen-bond donors (Lipinski definition) is 1. The van der Waals surface area contributed by atoms with E-state index < -0.39 is 11.3 Å². The highest BCUT2D eigenvalue weighted by Gasteiger charge is 2.25. The molecule has 0 spiro atoms. The van der Waals surface area contributed by atoms with Gasteiger partial charge in [-0.1, -0.05) is 0 Å². The predicted octanol–water partition coefficient (Wildman–Crippen LogP) is 4.64. The van der Waals surface area contributed by atoms with Gasteiger partial charge in [-0.15, -0.1) is 0 Å². The van der Waals surface area contributed by atoms with Gasteiger partial charge in [0.2, 0.25) is 5.43 Å². The minimum atomic E-state index is -0.535. The van der Waals surface area contributed by atoms with Crippen LogP contribution in [0.1, 0.15) is 16.1 Å². The normalized spacial score (nSPS) is 12.6. The van der Waals surface area contributed by atoms with Gasteiger partial charge in [0.05, 0.1) is 50.5 Å². The van der Waals surface area contributed by atoms with Gasteiger partial charge >= 0.3 is 0 Å². The summed E-state index contributed by atoms with van der Waals surface area (Å²) in [6.45, 7) is 1.17. The smallest absolute Gasteiger partial charge is 0.261 e. The Labute approximate surface area is 227 Å². The van der Waals surface area contributed by atoms with Crippen molar-refractivity contribution in [1.29, 1.82) is 0 Å². The molecule has 11 heteroatoms. The first-order valence-electron chi connectivity index (χ1n) is 12.4. The maximum absolute atomic E-state index is 13.4. The molecule has 6 rings (SSSR count). The van der Waals surface area contributed by atoms with Crippen LogP contribution < -0.4 is 25.0 Å². The third-order valence-corrected chi connectivity index (χ3v) is 6.48. The minimum Gasteiger partial charge on any atom is -0.491 e. The molecule has 0 radical (unpaired) electrons. The molecule has 0 bridgehead atoms. The van der Waals surface area contributed by atoms with E-state index in [0.717, 1.165) is 0 Å². The van der Waals surface area contributed by atoms with Gasteiger partial charge in [0.15, 0.2) is 11.5 Å². The number of carbonyl (C=O) groups is 1. The van der Waals surface area contributed by atoms with E-state index in [4.69, 9.17) is 23.4 Å². The summed E-state index contributed by atoms with van der Waals surface area (Å²) in [5, 5.41) is 2.82. The molecule has 0 unspecified atom stereocenters. The van der Waals surface area contributed by atoms with Gasteiger partial charge in [0, 0.05) is 36.8 Å². The molecule has 0 saturated carbocycles. The summed E-state index contributed by atoms with van der Waals surface area (Å²) in [7, 11) is 3.03. The molecule has 1 aliphatic rings. The highest BCUT2D eigenvalue weighted by atomic mass is 16.5. The second-order valence-electron chi connectivity index (χ2n) is 8.87. The van der Waals surface area contributed by atoms with E-state index in [1.807, 2.05) is 4.57 Å². The topological polar surface area (TPSA) is 127 Å². The van der Waals surface area contributed by atoms with Crippen molar-refractivity contribution in [2.24, 2.45) is 0 Å². The van der Waals surface area contributed by atoms with Gasteiger partial charge in [-0.3, -0.25) is 14.6 Å². The number of nitrogens with one attached hydrogen (secondary N) is 1. The molecule has 0 atom stereocenters. The first-order chi connectivity index (χ1) is 19.6. The number of furan rings is 1. The lowest BCUT2D eigenvalue weighted by atomic mass is 10.1. The number of anilines is 1. The average Bonchev–Trinajstić information content (AvgIpc) is 3.52. The maximum Gasteiger partial charge on any atom is 0.261 e. The fourth-order valence-electron chi connectivity index (χ4n) is 4.54. The number of methoxy groups -OCH3 is 2. The maximum atomic E-state index is 13.4. The average molecular weight is 541 g/mol. The predicted molar refractivity (Wildman–Crippen MR) is 145 cm³/mol. The molecule has 0 fully saturated rings. The van der Waals surface area contributed by atoms with E-state index in [2.05, 4.69) is 15.3 Å². The Hall–Kier alpha value is -5.16. The lowest BCUT2D eigenvalue weighted by Gasteiger charge is -2.22. The summed E-state index contributed by atoms with van der Waals surface area (Å²) < 4.78 is 29.6. The van der Waals surface area contributed by atoms with E-state index in [0.29, 0.717) is 70.0 Å². The second-order valence-corrected chi connectivity index (χ2v) is 8.87. The largest absolute Gasteiger partial charge is 0.491 e. The zero-order chi connectivity index (χ0) is 27.6. The van der Waals surface area contributed by atoms with E-state index in [9.17, 15) is 9.59 Å². The summed E-state index contributed by atoms with van der Waals surface area (Å²) in [4.78, 5) is 35.6. The summed E-state index contributed by atoms with van der Waals surface area (Å²) in [6, 6.07) is 13.6. The number of ether oxygens (including phenoxy) is 4. The van der Waals surface area contributed by atoms with Crippen LogP contribution in [0.4, 0.5) is 5.69 Å². The fraction of sp³-hybridized carbons (Fsp3) is 0.172. The number of pyridine rings is 3. The van der Waals surface area contributed by atoms with Gasteiger partial charge in [0.1, 0.15) is 22.6 Å². The van der Waals surface area contributed by atoms with Gasteiger partial charge in [0.25, 0.3) is 11.8 Å². The Morgan fingerprint density at radius 1 is 1.07 bits per heavy atom. The van der Waals surface area contributed by atoms with Crippen molar-refractivity contribution in [1.82, 2.24) is 14.5 Å². The number of carbonyl (C=O) groups excluding carboxylic acids is 1. The monoisotopic (exact) mass is 540 g/mol. The SMILES string of the molecule is COc1cc2nccc(Oc3ccc(NC(=O)c4c5n(cc(-c6ccco6)c4=O)CCOC5)cc3)c2nc1OC. The summed E-state index contributed by atoms with van der Waals surface area (Å²) in [5.41, 5.74) is 2.00. The zero-order valence-corrected chi connectivity index (χ0v) is 21.7. The van der Waals surface area contributed by atoms with E-state index in [1.54, 1.807) is 60.9 Å². The van der Waals surface area contributed by atoms with E-state index in [1.165, 1.54) is 20.5 Å². The lowest BCUT2D eigenvalue weighted by Crippen LogP contribution is -2.31. The van der Waals surface area contributed by atoms with Crippen molar-refractivity contribution >= 4 is 22.6 Å². The number of amides is 1. The molecule has 1 aliphatic heterocycles. The number of fused-ring (bicyclic) bond motifs is 2. The molecule has 5 aromatic rings. The van der Waals surface area contributed by atoms with Crippen LogP contribution in [0.25, 0.3) is 22.4 Å². The molecule has 1 amide bonds. The summed E-state index contributed by atoms with van der Waals surface area (Å²) >= 11 is 0. The van der Waals surface area contributed by atoms with Crippen molar-refractivity contribution in [3.63, 3.8) is 0 Å². The molecule has 1 aromatic carbocycles. The van der Waals surface area contributed by atoms with Gasteiger partial charge in [-0.2, -0.15) is 0 Å². The standard InChI is InChI=1S/C29H24N4O7/c1-36-24-14-20-26(32-29(24)37-2)23(9-10-30-20)40-18-7-5-17(6-8-18)31-28(35)25-21-16-38-13-11-33(21)15-19(27(25)34)22-4-3-12-39-22/h3-10,12,14-15H,11,13,16H2,1-2H3,(H,31,35). The van der Waals surface area contributed by atoms with Crippen LogP contribution in [-0.4, -0.2) is 41.3 Å². The van der Waals surface area contributed by atoms with Crippen LogP contribution in [-0.2, 0) is 17.9 Å². The minimum absolute atomic E-state index is 0.0210. The Morgan fingerprint density at radius 3 is 2.67 bits per heavy atom. The second kappa shape index (κ2) is 10.5. The van der Waals surface area contributed by atoms with Gasteiger partial charge < -0.3 is 33.2 Å². The number of aromatic nitrogens is 3. The highest BCUT2D eigenvalue weighted by molar-refractivity contribution is 6.05. The molecule has 4 aromatic heterocycles. The van der Waals surface area contributed by atoms with Crippen LogP contribution >= 0.6 is 0 Å². The van der Waals surface area contributed by atoms with Crippen molar-refractivity contribution in [3.05, 3.63) is 88.7 Å². The summed E-state index contributed by atoms with van der Waals surface area (Å²) in [5.74, 6) is 1.61. The third-order valence-electron chi connectivity index (χ3n) is 6.48. The van der Waals surface area contributed by atoms with E-state index in [-0.39, 0.29) is 12.2 Å². The molecular weight excluding hydrogens is 516 g/mol. The number of nitrogens with zero attached hydrogens (tertiary/aromatic N) is 3. The lowest BCUT2D eigenvalue weighted by molar-refractivity contribution is 0.0809. The van der Waals surface area contributed by atoms with Crippen molar-refractivity contribution in [3.8, 4) is 34.5 Å². The Kier molecular flexibility index (Phi) is 6.62. The van der Waals surface area contributed by atoms with Gasteiger partial charge in [-0.25, -0.2) is 4.98 Å². The number of rotatable bonds is 7. The Balaban J connectivity index is 1.26. The van der Waals surface area contributed by atoms with Crippen LogP contribution in [0.5, 0.6) is 23.1 Å². The molecular formula is C29H24N4O7. The molecule has 202 valence electrons. The molecule has 0 aliphatic carbocycles. The first kappa shape index (κ1) is 25.1. The molecule has 1 N–H and O–H groups in total. The fourth-order valence-corrected chi connectivity index (χ4v) is 4.54. The van der Waals surface area contributed by atoms with Crippen LogP contribution in [0, 0.1) is 0 Å². The van der Waals surface area contributed by atoms with Crippen LogP contribution in [0.15, 0.2) is 76.4 Å². The van der Waals surface area contributed by atoms with Crippen molar-refractivity contribution in [2.75, 3.05) is 26.1 Å². The number of hydrogen-bond acceptors (Lipinski definition) is 9. The van der Waals surface area contributed by atoms with Crippen molar-refractivity contribution in [2.45, 2.75) is 13.2 Å². The van der Waals surface area contributed by atoms with Crippen molar-refractivity contribution < 1.29 is 28.2 Å². The zero-order valence-electron chi connectivity index (χ0n) is 21.7. The van der Waals surface area contributed by atoms with Crippen LogP contribution in [0.3, 0.4) is 0 Å². The first-order valence-corrected chi connectivity index (χ1v) is 12.4. The number of benzene rings is 1.